The maximum absolute atomic E-state index is 14.8. The number of hydrogen-bond acceptors (Lipinski definition) is 8. The highest BCUT2D eigenvalue weighted by molar-refractivity contribution is 6.30. The fourth-order valence-corrected chi connectivity index (χ4v) is 4.54. The first-order valence-electron chi connectivity index (χ1n) is 11.7. The van der Waals surface area contributed by atoms with E-state index in [0.29, 0.717) is 37.4 Å². The third-order valence-corrected chi connectivity index (χ3v) is 6.46. The highest BCUT2D eigenvalue weighted by Gasteiger charge is 2.29. The van der Waals surface area contributed by atoms with Gasteiger partial charge in [0.15, 0.2) is 11.0 Å². The van der Waals surface area contributed by atoms with Gasteiger partial charge in [0.05, 0.1) is 5.39 Å². The van der Waals surface area contributed by atoms with Crippen LogP contribution in [0.2, 0.25) is 5.15 Å². The SMILES string of the molecule is CN1CCC[C@H]1COc1nc(N2CCC(CNC(=O)OC(C)(C)C)C2)c2cnc(Cl)c(F)c2n1. The molecule has 4 rings (SSSR count). The van der Waals surface area contributed by atoms with Crippen LogP contribution in [0.5, 0.6) is 6.01 Å². The fraction of sp³-hybridized carbons (Fsp3) is 0.652. The van der Waals surface area contributed by atoms with Crippen molar-refractivity contribution in [3.8, 4) is 6.01 Å². The minimum Gasteiger partial charge on any atom is -0.462 e. The summed E-state index contributed by atoms with van der Waals surface area (Å²) in [6, 6.07) is 0.406. The molecule has 2 saturated heterocycles. The lowest BCUT2D eigenvalue weighted by molar-refractivity contribution is 0.0520. The Morgan fingerprint density at radius 3 is 2.79 bits per heavy atom. The molecule has 2 fully saturated rings. The maximum atomic E-state index is 14.8. The van der Waals surface area contributed by atoms with Gasteiger partial charge in [-0.2, -0.15) is 9.97 Å². The van der Waals surface area contributed by atoms with Gasteiger partial charge in [0.2, 0.25) is 0 Å². The molecule has 4 heterocycles. The normalized spacial score (nSPS) is 21.3. The monoisotopic (exact) mass is 494 g/mol. The first kappa shape index (κ1) is 24.7. The number of alkyl carbamates (subject to hydrolysis) is 1. The van der Waals surface area contributed by atoms with Gasteiger partial charge < -0.3 is 24.6 Å². The number of anilines is 1. The van der Waals surface area contributed by atoms with E-state index in [4.69, 9.17) is 21.1 Å². The summed E-state index contributed by atoms with van der Waals surface area (Å²) < 4.78 is 26.1. The van der Waals surface area contributed by atoms with E-state index in [9.17, 15) is 9.18 Å². The highest BCUT2D eigenvalue weighted by atomic mass is 35.5. The standard InChI is InChI=1S/C23H32ClFN6O3/c1-23(2,3)34-22(32)27-10-14-7-9-31(12-14)20-16-11-26-19(24)17(25)18(16)28-21(29-20)33-13-15-6-5-8-30(15)4/h11,14-15H,5-10,12-13H2,1-4H3,(H,27,32)/t14?,15-/m0/s1. The molecule has 34 heavy (non-hydrogen) atoms. The molecule has 1 unspecified atom stereocenters. The number of nitrogens with zero attached hydrogens (tertiary/aromatic N) is 5. The molecule has 2 atom stereocenters. The Kier molecular flexibility index (Phi) is 7.28. The summed E-state index contributed by atoms with van der Waals surface area (Å²) >= 11 is 5.93. The largest absolute Gasteiger partial charge is 0.462 e. The number of pyridine rings is 1. The van der Waals surface area contributed by atoms with Crippen LogP contribution in [0.25, 0.3) is 10.9 Å². The summed E-state index contributed by atoms with van der Waals surface area (Å²) in [6.07, 6.45) is 4.06. The van der Waals surface area contributed by atoms with Crippen molar-refractivity contribution >= 4 is 34.4 Å². The summed E-state index contributed by atoms with van der Waals surface area (Å²) in [6.45, 7) is 8.75. The zero-order valence-corrected chi connectivity index (χ0v) is 20.9. The van der Waals surface area contributed by atoms with E-state index in [2.05, 4.69) is 37.1 Å². The van der Waals surface area contributed by atoms with Crippen LogP contribution in [0.4, 0.5) is 15.0 Å². The van der Waals surface area contributed by atoms with Crippen molar-refractivity contribution in [1.82, 2.24) is 25.2 Å². The van der Waals surface area contributed by atoms with Crippen LogP contribution in [0.15, 0.2) is 6.20 Å². The molecule has 2 aliphatic heterocycles. The smallest absolute Gasteiger partial charge is 0.407 e. The molecule has 2 aromatic rings. The topological polar surface area (TPSA) is 92.7 Å². The number of fused-ring (bicyclic) bond motifs is 1. The zero-order valence-electron chi connectivity index (χ0n) is 20.1. The second-order valence-corrected chi connectivity index (χ2v) is 10.4. The van der Waals surface area contributed by atoms with E-state index in [1.165, 1.54) is 6.20 Å². The molecule has 11 heteroatoms. The van der Waals surface area contributed by atoms with Crippen molar-refractivity contribution in [2.75, 3.05) is 44.7 Å². The van der Waals surface area contributed by atoms with Crippen molar-refractivity contribution in [1.29, 1.82) is 0 Å². The van der Waals surface area contributed by atoms with E-state index in [0.717, 1.165) is 25.8 Å². The number of nitrogens with one attached hydrogen (secondary N) is 1. The van der Waals surface area contributed by atoms with Gasteiger partial charge in [-0.3, -0.25) is 0 Å². The number of carbonyl (C=O) groups excluding carboxylic acids is 1. The van der Waals surface area contributed by atoms with Crippen LogP contribution in [0.3, 0.4) is 0 Å². The molecule has 0 aromatic carbocycles. The highest BCUT2D eigenvalue weighted by Crippen LogP contribution is 2.32. The fourth-order valence-electron chi connectivity index (χ4n) is 4.40. The number of likely N-dealkylation sites (N-methyl/N-ethyl adjacent to an activating group) is 1. The minimum absolute atomic E-state index is 0.0927. The first-order valence-corrected chi connectivity index (χ1v) is 12.0. The van der Waals surface area contributed by atoms with E-state index >= 15 is 0 Å². The summed E-state index contributed by atoms with van der Waals surface area (Å²) in [4.78, 5) is 29.2. The van der Waals surface area contributed by atoms with Crippen LogP contribution < -0.4 is 15.0 Å². The van der Waals surface area contributed by atoms with Gasteiger partial charge in [0.1, 0.15) is 23.5 Å². The lowest BCUT2D eigenvalue weighted by Gasteiger charge is -2.22. The Morgan fingerprint density at radius 2 is 2.09 bits per heavy atom. The van der Waals surface area contributed by atoms with Crippen molar-refractivity contribution in [3.63, 3.8) is 0 Å². The Bertz CT molecular complexity index is 1050. The van der Waals surface area contributed by atoms with Gasteiger partial charge in [-0.1, -0.05) is 11.6 Å². The molecule has 186 valence electrons. The number of halogens is 2. The third kappa shape index (κ3) is 5.78. The molecule has 2 aliphatic rings. The first-order chi connectivity index (χ1) is 16.1. The number of aromatic nitrogens is 3. The third-order valence-electron chi connectivity index (χ3n) is 6.20. The number of ether oxygens (including phenoxy) is 2. The van der Waals surface area contributed by atoms with E-state index in [-0.39, 0.29) is 28.6 Å². The van der Waals surface area contributed by atoms with Gasteiger partial charge in [-0.15, -0.1) is 0 Å². The summed E-state index contributed by atoms with van der Waals surface area (Å²) in [7, 11) is 2.06. The number of carbonyl (C=O) groups is 1. The Hall–Kier alpha value is -2.46. The van der Waals surface area contributed by atoms with Crippen LogP contribution in [-0.2, 0) is 4.74 Å². The van der Waals surface area contributed by atoms with Gasteiger partial charge in [-0.25, -0.2) is 14.2 Å². The molecule has 2 aromatic heterocycles. The van der Waals surface area contributed by atoms with Crippen LogP contribution >= 0.6 is 11.6 Å². The average molecular weight is 495 g/mol. The predicted octanol–water partition coefficient (Wildman–Crippen LogP) is 3.64. The molecule has 1 N–H and O–H groups in total. The maximum Gasteiger partial charge on any atom is 0.407 e. The lowest BCUT2D eigenvalue weighted by Crippen LogP contribution is -2.36. The van der Waals surface area contributed by atoms with Crippen LogP contribution in [0.1, 0.15) is 40.0 Å². The second kappa shape index (κ2) is 10.0. The van der Waals surface area contributed by atoms with Gasteiger partial charge in [0.25, 0.3) is 0 Å². The molecule has 1 amide bonds. The van der Waals surface area contributed by atoms with E-state index < -0.39 is 17.5 Å². The van der Waals surface area contributed by atoms with Crippen molar-refractivity contribution < 1.29 is 18.7 Å². The molecule has 9 nitrogen and oxygen atoms in total. The summed E-state index contributed by atoms with van der Waals surface area (Å²) in [5, 5.41) is 3.08. The molecule has 0 saturated carbocycles. The molecular formula is C23H32ClFN6O3. The summed E-state index contributed by atoms with van der Waals surface area (Å²) in [5.41, 5.74) is -0.455. The second-order valence-electron chi connectivity index (χ2n) is 10.0. The van der Waals surface area contributed by atoms with Crippen LogP contribution in [0, 0.1) is 11.7 Å². The van der Waals surface area contributed by atoms with Crippen LogP contribution in [-0.4, -0.2) is 77.4 Å². The zero-order chi connectivity index (χ0) is 24.5. The van der Waals surface area contributed by atoms with Gasteiger partial charge >= 0.3 is 12.1 Å². The van der Waals surface area contributed by atoms with E-state index in [1.54, 1.807) is 0 Å². The minimum atomic E-state index is -0.687. The van der Waals surface area contributed by atoms with E-state index in [1.807, 2.05) is 20.8 Å². The van der Waals surface area contributed by atoms with Crippen molar-refractivity contribution in [3.05, 3.63) is 17.2 Å². The van der Waals surface area contributed by atoms with Gasteiger partial charge in [-0.05, 0) is 59.5 Å². The molecular weight excluding hydrogens is 463 g/mol. The van der Waals surface area contributed by atoms with Gasteiger partial charge in [0, 0.05) is 31.9 Å². The Balaban J connectivity index is 1.50. The quantitative estimate of drug-likeness (QED) is 0.608. The molecule has 0 bridgehead atoms. The Labute approximate surface area is 204 Å². The molecule has 0 spiro atoms. The van der Waals surface area contributed by atoms with Crippen molar-refractivity contribution in [2.24, 2.45) is 5.92 Å². The predicted molar refractivity (Wildman–Crippen MR) is 128 cm³/mol. The number of amides is 1. The average Bonchev–Trinajstić information content (AvgIpc) is 3.41. The number of hydrogen-bond donors (Lipinski definition) is 1. The lowest BCUT2D eigenvalue weighted by atomic mass is 10.1. The summed E-state index contributed by atoms with van der Waals surface area (Å²) in [5.74, 6) is 0.0646. The number of rotatable bonds is 6. The molecule has 0 aliphatic carbocycles. The number of likely N-dealkylation sites (tertiary alicyclic amines) is 1. The molecule has 0 radical (unpaired) electrons. The van der Waals surface area contributed by atoms with Crippen molar-refractivity contribution in [2.45, 2.75) is 51.7 Å². The Morgan fingerprint density at radius 1 is 1.29 bits per heavy atom.